The Morgan fingerprint density at radius 1 is 1.50 bits per heavy atom. The lowest BCUT2D eigenvalue weighted by atomic mass is 10.3. The number of likely N-dealkylation sites (N-methyl/N-ethyl adjacent to an activating group) is 1. The third-order valence-electron chi connectivity index (χ3n) is 2.37. The van der Waals surface area contributed by atoms with Gasteiger partial charge in [0, 0.05) is 20.1 Å². The highest BCUT2D eigenvalue weighted by atomic mass is 16.2. The van der Waals surface area contributed by atoms with Crippen LogP contribution in [-0.4, -0.2) is 54.3 Å². The zero-order chi connectivity index (χ0) is 10.7. The first kappa shape index (κ1) is 11.0. The average molecular weight is 199 g/mol. The number of carbonyl (C=O) groups is 2. The molecule has 80 valence electrons. The molecule has 1 saturated heterocycles. The standard InChI is InChI=1S/C9H17N3O2/c1-7(10)9(14)12-5-3-4-11(2)8(13)6-12/h7H,3-6,10H2,1-2H3/t7-/m0/s1. The predicted molar refractivity (Wildman–Crippen MR) is 52.5 cm³/mol. The molecule has 0 radical (unpaired) electrons. The molecule has 1 rings (SSSR count). The maximum Gasteiger partial charge on any atom is 0.241 e. The molecule has 14 heavy (non-hydrogen) atoms. The highest BCUT2D eigenvalue weighted by Gasteiger charge is 2.24. The van der Waals surface area contributed by atoms with Crippen LogP contribution in [-0.2, 0) is 9.59 Å². The van der Waals surface area contributed by atoms with Crippen LogP contribution in [0.4, 0.5) is 0 Å². The second kappa shape index (κ2) is 4.41. The Balaban J connectivity index is 2.63. The van der Waals surface area contributed by atoms with E-state index in [1.165, 1.54) is 4.90 Å². The van der Waals surface area contributed by atoms with Crippen LogP contribution in [0.25, 0.3) is 0 Å². The van der Waals surface area contributed by atoms with Gasteiger partial charge in [-0.25, -0.2) is 0 Å². The molecule has 0 aliphatic carbocycles. The van der Waals surface area contributed by atoms with E-state index >= 15 is 0 Å². The molecule has 0 saturated carbocycles. The zero-order valence-electron chi connectivity index (χ0n) is 8.69. The van der Waals surface area contributed by atoms with E-state index in [0.717, 1.165) is 6.42 Å². The number of nitrogens with two attached hydrogens (primary N) is 1. The number of nitrogens with zero attached hydrogens (tertiary/aromatic N) is 2. The minimum absolute atomic E-state index is 0.0171. The van der Waals surface area contributed by atoms with Crippen molar-refractivity contribution in [2.75, 3.05) is 26.7 Å². The van der Waals surface area contributed by atoms with Gasteiger partial charge in [-0.1, -0.05) is 0 Å². The Labute approximate surface area is 83.8 Å². The molecular formula is C9H17N3O2. The van der Waals surface area contributed by atoms with Crippen molar-refractivity contribution in [3.8, 4) is 0 Å². The van der Waals surface area contributed by atoms with Gasteiger partial charge >= 0.3 is 0 Å². The van der Waals surface area contributed by atoms with Crippen LogP contribution in [0.1, 0.15) is 13.3 Å². The molecule has 1 aliphatic rings. The largest absolute Gasteiger partial charge is 0.344 e. The van der Waals surface area contributed by atoms with E-state index in [9.17, 15) is 9.59 Å². The Morgan fingerprint density at radius 3 is 2.71 bits per heavy atom. The summed E-state index contributed by atoms with van der Waals surface area (Å²) in [7, 11) is 1.75. The normalized spacial score (nSPS) is 20.6. The Bertz CT molecular complexity index is 240. The summed E-state index contributed by atoms with van der Waals surface area (Å²) in [4.78, 5) is 26.2. The van der Waals surface area contributed by atoms with Crippen LogP contribution in [0.5, 0.6) is 0 Å². The van der Waals surface area contributed by atoms with Gasteiger partial charge in [-0.05, 0) is 13.3 Å². The van der Waals surface area contributed by atoms with Gasteiger partial charge in [-0.15, -0.1) is 0 Å². The van der Waals surface area contributed by atoms with Crippen LogP contribution in [0, 0.1) is 0 Å². The molecule has 5 heteroatoms. The monoisotopic (exact) mass is 199 g/mol. The summed E-state index contributed by atoms with van der Waals surface area (Å²) in [5.74, 6) is -0.162. The van der Waals surface area contributed by atoms with Crippen LogP contribution in [0.2, 0.25) is 0 Å². The van der Waals surface area contributed by atoms with E-state index < -0.39 is 6.04 Å². The van der Waals surface area contributed by atoms with Gasteiger partial charge in [0.25, 0.3) is 0 Å². The summed E-state index contributed by atoms with van der Waals surface area (Å²) >= 11 is 0. The third kappa shape index (κ3) is 2.45. The fraction of sp³-hybridized carbons (Fsp3) is 0.778. The van der Waals surface area contributed by atoms with E-state index in [1.807, 2.05) is 0 Å². The summed E-state index contributed by atoms with van der Waals surface area (Å²) in [6.07, 6.45) is 0.820. The number of carbonyl (C=O) groups excluding carboxylic acids is 2. The first-order chi connectivity index (χ1) is 6.52. The second-order valence-corrected chi connectivity index (χ2v) is 3.72. The van der Waals surface area contributed by atoms with E-state index in [2.05, 4.69) is 0 Å². The van der Waals surface area contributed by atoms with Crippen molar-refractivity contribution in [1.82, 2.24) is 9.80 Å². The van der Waals surface area contributed by atoms with Crippen molar-refractivity contribution >= 4 is 11.8 Å². The van der Waals surface area contributed by atoms with E-state index in [1.54, 1.807) is 18.9 Å². The molecule has 1 aliphatic heterocycles. The van der Waals surface area contributed by atoms with Crippen LogP contribution in [0.3, 0.4) is 0 Å². The summed E-state index contributed by atoms with van der Waals surface area (Å²) < 4.78 is 0. The molecular weight excluding hydrogens is 182 g/mol. The van der Waals surface area contributed by atoms with Gasteiger partial charge in [-0.3, -0.25) is 9.59 Å². The second-order valence-electron chi connectivity index (χ2n) is 3.72. The van der Waals surface area contributed by atoms with Crippen LogP contribution in [0.15, 0.2) is 0 Å². The number of amides is 2. The molecule has 1 fully saturated rings. The molecule has 0 bridgehead atoms. The van der Waals surface area contributed by atoms with E-state index in [0.29, 0.717) is 13.1 Å². The van der Waals surface area contributed by atoms with Gasteiger partial charge < -0.3 is 15.5 Å². The Morgan fingerprint density at radius 2 is 2.14 bits per heavy atom. The Hall–Kier alpha value is -1.10. The molecule has 0 aromatic heterocycles. The molecule has 1 heterocycles. The molecule has 1 atom stereocenters. The first-order valence-corrected chi connectivity index (χ1v) is 4.80. The number of rotatable bonds is 1. The van der Waals surface area contributed by atoms with Gasteiger partial charge in [0.15, 0.2) is 0 Å². The maximum atomic E-state index is 11.5. The maximum absolute atomic E-state index is 11.5. The molecule has 0 aromatic carbocycles. The topological polar surface area (TPSA) is 66.6 Å². The minimum Gasteiger partial charge on any atom is -0.344 e. The molecule has 0 unspecified atom stereocenters. The predicted octanol–water partition coefficient (Wildman–Crippen LogP) is -0.976. The van der Waals surface area contributed by atoms with Gasteiger partial charge in [0.2, 0.25) is 11.8 Å². The summed E-state index contributed by atoms with van der Waals surface area (Å²) in [5.41, 5.74) is 5.48. The molecule has 2 amide bonds. The average Bonchev–Trinajstić information content (AvgIpc) is 2.28. The molecule has 2 N–H and O–H groups in total. The first-order valence-electron chi connectivity index (χ1n) is 4.80. The van der Waals surface area contributed by atoms with Crippen LogP contribution >= 0.6 is 0 Å². The van der Waals surface area contributed by atoms with Crippen molar-refractivity contribution in [1.29, 1.82) is 0 Å². The molecule has 0 aromatic rings. The minimum atomic E-state index is -0.522. The van der Waals surface area contributed by atoms with E-state index in [-0.39, 0.29) is 18.4 Å². The van der Waals surface area contributed by atoms with Crippen molar-refractivity contribution in [3.05, 3.63) is 0 Å². The van der Waals surface area contributed by atoms with E-state index in [4.69, 9.17) is 5.73 Å². The zero-order valence-corrected chi connectivity index (χ0v) is 8.69. The number of hydrogen-bond acceptors (Lipinski definition) is 3. The SMILES string of the molecule is C[C@H](N)C(=O)N1CCCN(C)C(=O)C1. The Kier molecular flexibility index (Phi) is 3.46. The highest BCUT2D eigenvalue weighted by molar-refractivity contribution is 5.87. The van der Waals surface area contributed by atoms with Crippen molar-refractivity contribution in [2.24, 2.45) is 5.73 Å². The summed E-state index contributed by atoms with van der Waals surface area (Å²) in [6, 6.07) is -0.522. The van der Waals surface area contributed by atoms with Crippen molar-refractivity contribution in [3.63, 3.8) is 0 Å². The fourth-order valence-corrected chi connectivity index (χ4v) is 1.46. The lowest BCUT2D eigenvalue weighted by molar-refractivity contribution is -0.138. The summed E-state index contributed by atoms with van der Waals surface area (Å²) in [5, 5.41) is 0. The van der Waals surface area contributed by atoms with Gasteiger partial charge in [0.05, 0.1) is 12.6 Å². The van der Waals surface area contributed by atoms with Crippen molar-refractivity contribution in [2.45, 2.75) is 19.4 Å². The molecule has 0 spiro atoms. The smallest absolute Gasteiger partial charge is 0.241 e. The third-order valence-corrected chi connectivity index (χ3v) is 2.37. The van der Waals surface area contributed by atoms with Gasteiger partial charge in [0.1, 0.15) is 0 Å². The fourth-order valence-electron chi connectivity index (χ4n) is 1.46. The lowest BCUT2D eigenvalue weighted by Gasteiger charge is -2.21. The number of hydrogen-bond donors (Lipinski definition) is 1. The highest BCUT2D eigenvalue weighted by Crippen LogP contribution is 2.03. The van der Waals surface area contributed by atoms with Crippen LogP contribution < -0.4 is 5.73 Å². The lowest BCUT2D eigenvalue weighted by Crippen LogP contribution is -2.45. The summed E-state index contributed by atoms with van der Waals surface area (Å²) in [6.45, 7) is 3.14. The van der Waals surface area contributed by atoms with Gasteiger partial charge in [-0.2, -0.15) is 0 Å². The quantitative estimate of drug-likeness (QED) is 0.590. The molecule has 5 nitrogen and oxygen atoms in total. The van der Waals surface area contributed by atoms with Crippen molar-refractivity contribution < 1.29 is 9.59 Å².